The van der Waals surface area contributed by atoms with Crippen molar-refractivity contribution in [3.05, 3.63) is 65.9 Å². The fourth-order valence-corrected chi connectivity index (χ4v) is 2.67. The molecule has 1 amide bonds. The Kier molecular flexibility index (Phi) is 4.85. The number of aryl methyl sites for hydroxylation is 1. The first-order chi connectivity index (χ1) is 11.7. The van der Waals surface area contributed by atoms with Gasteiger partial charge in [-0.1, -0.05) is 30.3 Å². The molecule has 0 radical (unpaired) electrons. The lowest BCUT2D eigenvalue weighted by Crippen LogP contribution is -2.26. The summed E-state index contributed by atoms with van der Waals surface area (Å²) in [5.74, 6) is 1.73. The Balaban J connectivity index is 1.55. The quantitative estimate of drug-likeness (QED) is 0.688. The second-order valence-electron chi connectivity index (χ2n) is 5.85. The zero-order valence-electron chi connectivity index (χ0n) is 14.0. The molecular formula is C20H21NO3. The summed E-state index contributed by atoms with van der Waals surface area (Å²) in [6, 6.07) is 17.7. The van der Waals surface area contributed by atoms with E-state index in [2.05, 4.69) is 0 Å². The third kappa shape index (κ3) is 3.77. The molecule has 0 aliphatic carbocycles. The summed E-state index contributed by atoms with van der Waals surface area (Å²) in [5.41, 5.74) is 1.98. The Hall–Kier alpha value is -2.75. The van der Waals surface area contributed by atoms with Crippen molar-refractivity contribution >= 4 is 16.9 Å². The van der Waals surface area contributed by atoms with Gasteiger partial charge in [0.1, 0.15) is 17.1 Å². The number of furan rings is 1. The molecule has 4 nitrogen and oxygen atoms in total. The van der Waals surface area contributed by atoms with Crippen molar-refractivity contribution in [2.75, 3.05) is 14.2 Å². The molecule has 0 saturated heterocycles. The Morgan fingerprint density at radius 2 is 1.88 bits per heavy atom. The summed E-state index contributed by atoms with van der Waals surface area (Å²) in [5, 5.41) is 1.06. The number of amides is 1. The zero-order valence-corrected chi connectivity index (χ0v) is 14.0. The number of benzene rings is 2. The third-order valence-corrected chi connectivity index (χ3v) is 4.08. The SMILES string of the molecule is COc1ccc(CCC(=O)N(C)Cc2cc3ccccc3o2)cc1. The molecule has 3 rings (SSSR count). The Morgan fingerprint density at radius 1 is 1.12 bits per heavy atom. The summed E-state index contributed by atoms with van der Waals surface area (Å²) in [7, 11) is 3.45. The van der Waals surface area contributed by atoms with Crippen LogP contribution in [0.1, 0.15) is 17.7 Å². The number of rotatable bonds is 6. The number of carbonyl (C=O) groups excluding carboxylic acids is 1. The third-order valence-electron chi connectivity index (χ3n) is 4.08. The molecule has 0 unspecified atom stereocenters. The molecule has 0 bridgehead atoms. The van der Waals surface area contributed by atoms with Crippen LogP contribution in [0.15, 0.2) is 59.0 Å². The molecule has 0 N–H and O–H groups in total. The van der Waals surface area contributed by atoms with Gasteiger partial charge in [0.15, 0.2) is 0 Å². The molecule has 0 aliphatic heterocycles. The molecule has 0 aliphatic rings. The lowest BCUT2D eigenvalue weighted by Gasteiger charge is -2.15. The van der Waals surface area contributed by atoms with Crippen LogP contribution in [0.5, 0.6) is 5.75 Å². The highest BCUT2D eigenvalue weighted by Gasteiger charge is 2.12. The van der Waals surface area contributed by atoms with E-state index in [4.69, 9.17) is 9.15 Å². The first-order valence-corrected chi connectivity index (χ1v) is 8.00. The number of methoxy groups -OCH3 is 1. The average Bonchev–Trinajstić information content (AvgIpc) is 3.02. The van der Waals surface area contributed by atoms with E-state index in [1.807, 2.05) is 61.6 Å². The van der Waals surface area contributed by atoms with E-state index in [-0.39, 0.29) is 5.91 Å². The molecule has 0 fully saturated rings. The fourth-order valence-electron chi connectivity index (χ4n) is 2.67. The fraction of sp³-hybridized carbons (Fsp3) is 0.250. The molecule has 24 heavy (non-hydrogen) atoms. The minimum atomic E-state index is 0.103. The number of hydrogen-bond acceptors (Lipinski definition) is 3. The van der Waals surface area contributed by atoms with Crippen LogP contribution in [-0.4, -0.2) is 25.0 Å². The van der Waals surface area contributed by atoms with Gasteiger partial charge in [0, 0.05) is 18.9 Å². The largest absolute Gasteiger partial charge is 0.497 e. The second kappa shape index (κ2) is 7.21. The van der Waals surface area contributed by atoms with Gasteiger partial charge < -0.3 is 14.1 Å². The summed E-state index contributed by atoms with van der Waals surface area (Å²) < 4.78 is 10.9. The molecule has 3 aromatic rings. The number of ether oxygens (including phenoxy) is 1. The highest BCUT2D eigenvalue weighted by atomic mass is 16.5. The number of nitrogens with zero attached hydrogens (tertiary/aromatic N) is 1. The minimum absolute atomic E-state index is 0.103. The van der Waals surface area contributed by atoms with Crippen molar-refractivity contribution in [1.29, 1.82) is 0 Å². The van der Waals surface area contributed by atoms with Crippen molar-refractivity contribution in [2.24, 2.45) is 0 Å². The van der Waals surface area contributed by atoms with Crippen LogP contribution in [0.4, 0.5) is 0 Å². The molecular weight excluding hydrogens is 302 g/mol. The summed E-state index contributed by atoms with van der Waals surface area (Å²) in [6.45, 7) is 0.482. The Labute approximate surface area is 141 Å². The van der Waals surface area contributed by atoms with E-state index >= 15 is 0 Å². The van der Waals surface area contributed by atoms with Gasteiger partial charge in [0.2, 0.25) is 5.91 Å². The number of para-hydroxylation sites is 1. The molecule has 0 atom stereocenters. The number of fused-ring (bicyclic) bond motifs is 1. The van der Waals surface area contributed by atoms with Crippen molar-refractivity contribution < 1.29 is 13.9 Å². The molecule has 124 valence electrons. The van der Waals surface area contributed by atoms with E-state index in [1.165, 1.54) is 0 Å². The van der Waals surface area contributed by atoms with Gasteiger partial charge in [0.25, 0.3) is 0 Å². The van der Waals surface area contributed by atoms with Gasteiger partial charge in [-0.3, -0.25) is 4.79 Å². The standard InChI is InChI=1S/C20H21NO3/c1-21(14-18-13-16-5-3-4-6-19(16)24-18)20(22)12-9-15-7-10-17(23-2)11-8-15/h3-8,10-11,13H,9,12,14H2,1-2H3. The zero-order chi connectivity index (χ0) is 16.9. The van der Waals surface area contributed by atoms with Crippen LogP contribution in [-0.2, 0) is 17.8 Å². The van der Waals surface area contributed by atoms with Crippen molar-refractivity contribution in [3.8, 4) is 5.75 Å². The number of hydrogen-bond donors (Lipinski definition) is 0. The van der Waals surface area contributed by atoms with Gasteiger partial charge in [-0.25, -0.2) is 0 Å². The van der Waals surface area contributed by atoms with Crippen LogP contribution < -0.4 is 4.74 Å². The second-order valence-corrected chi connectivity index (χ2v) is 5.85. The van der Waals surface area contributed by atoms with E-state index in [0.717, 1.165) is 28.0 Å². The van der Waals surface area contributed by atoms with Crippen molar-refractivity contribution in [3.63, 3.8) is 0 Å². The average molecular weight is 323 g/mol. The van der Waals surface area contributed by atoms with Gasteiger partial charge in [-0.05, 0) is 36.2 Å². The van der Waals surface area contributed by atoms with Gasteiger partial charge in [-0.2, -0.15) is 0 Å². The monoisotopic (exact) mass is 323 g/mol. The molecule has 1 heterocycles. The molecule has 0 spiro atoms. The summed E-state index contributed by atoms with van der Waals surface area (Å²) >= 11 is 0. The van der Waals surface area contributed by atoms with E-state index in [0.29, 0.717) is 19.4 Å². The normalized spacial score (nSPS) is 10.8. The van der Waals surface area contributed by atoms with Gasteiger partial charge in [-0.15, -0.1) is 0 Å². The van der Waals surface area contributed by atoms with E-state index < -0.39 is 0 Å². The lowest BCUT2D eigenvalue weighted by molar-refractivity contribution is -0.130. The predicted octanol–water partition coefficient (Wildman–Crippen LogP) is 4.03. The van der Waals surface area contributed by atoms with Gasteiger partial charge >= 0.3 is 0 Å². The number of carbonyl (C=O) groups is 1. The molecule has 0 saturated carbocycles. The Bertz CT molecular complexity index is 787. The first-order valence-electron chi connectivity index (χ1n) is 8.00. The minimum Gasteiger partial charge on any atom is -0.497 e. The Morgan fingerprint density at radius 3 is 2.58 bits per heavy atom. The molecule has 2 aromatic carbocycles. The predicted molar refractivity (Wildman–Crippen MR) is 94.0 cm³/mol. The van der Waals surface area contributed by atoms with Gasteiger partial charge in [0.05, 0.1) is 13.7 Å². The van der Waals surface area contributed by atoms with Crippen LogP contribution in [0.2, 0.25) is 0 Å². The van der Waals surface area contributed by atoms with Crippen molar-refractivity contribution in [1.82, 2.24) is 4.90 Å². The lowest BCUT2D eigenvalue weighted by atomic mass is 10.1. The highest BCUT2D eigenvalue weighted by molar-refractivity contribution is 5.78. The molecule has 1 aromatic heterocycles. The van der Waals surface area contributed by atoms with E-state index in [9.17, 15) is 4.79 Å². The maximum absolute atomic E-state index is 12.3. The maximum Gasteiger partial charge on any atom is 0.223 e. The summed E-state index contributed by atoms with van der Waals surface area (Å²) in [6.07, 6.45) is 1.19. The van der Waals surface area contributed by atoms with Crippen LogP contribution in [0.3, 0.4) is 0 Å². The van der Waals surface area contributed by atoms with Crippen molar-refractivity contribution in [2.45, 2.75) is 19.4 Å². The van der Waals surface area contributed by atoms with Crippen LogP contribution in [0.25, 0.3) is 11.0 Å². The maximum atomic E-state index is 12.3. The topological polar surface area (TPSA) is 42.7 Å². The van der Waals surface area contributed by atoms with Crippen LogP contribution in [0, 0.1) is 0 Å². The highest BCUT2D eigenvalue weighted by Crippen LogP contribution is 2.20. The first kappa shape index (κ1) is 16.1. The molecule has 4 heteroatoms. The van der Waals surface area contributed by atoms with Crippen LogP contribution >= 0.6 is 0 Å². The van der Waals surface area contributed by atoms with E-state index in [1.54, 1.807) is 12.0 Å². The smallest absolute Gasteiger partial charge is 0.223 e. The summed E-state index contributed by atoms with van der Waals surface area (Å²) in [4.78, 5) is 14.0.